The summed E-state index contributed by atoms with van der Waals surface area (Å²) in [6.45, 7) is 2.35. The predicted molar refractivity (Wildman–Crippen MR) is 92.4 cm³/mol. The number of amides is 2. The first-order valence-electron chi connectivity index (χ1n) is 7.19. The Morgan fingerprint density at radius 1 is 1.13 bits per heavy atom. The van der Waals surface area contributed by atoms with Crippen molar-refractivity contribution in [1.29, 1.82) is 0 Å². The first-order chi connectivity index (χ1) is 11.2. The molecule has 23 heavy (non-hydrogen) atoms. The van der Waals surface area contributed by atoms with Crippen LogP contribution in [0.4, 0.5) is 9.80 Å². The van der Waals surface area contributed by atoms with Gasteiger partial charge in [-0.05, 0) is 24.6 Å². The van der Waals surface area contributed by atoms with Crippen LogP contribution in [0.15, 0.2) is 54.9 Å². The van der Waals surface area contributed by atoms with E-state index in [1.54, 1.807) is 12.4 Å². The monoisotopic (exact) mass is 324 g/mol. The molecule has 0 unspecified atom stereocenters. The largest absolute Gasteiger partial charge is 0.334 e. The van der Waals surface area contributed by atoms with E-state index >= 15 is 0 Å². The second kappa shape index (κ2) is 7.02. The minimum Gasteiger partial charge on any atom is -0.334 e. The van der Waals surface area contributed by atoms with Crippen molar-refractivity contribution in [1.82, 2.24) is 15.3 Å². The molecule has 0 radical (unpaired) electrons. The lowest BCUT2D eigenvalue weighted by Gasteiger charge is -2.06. The Morgan fingerprint density at radius 3 is 2.61 bits per heavy atom. The van der Waals surface area contributed by atoms with E-state index in [0.29, 0.717) is 6.54 Å². The van der Waals surface area contributed by atoms with Crippen molar-refractivity contribution in [2.45, 2.75) is 13.5 Å². The topological polar surface area (TPSA) is 66.9 Å². The molecule has 0 aliphatic heterocycles. The van der Waals surface area contributed by atoms with E-state index in [-0.39, 0.29) is 6.03 Å². The van der Waals surface area contributed by atoms with Crippen LogP contribution in [0.2, 0.25) is 0 Å². The number of aryl methyl sites for hydroxylation is 1. The van der Waals surface area contributed by atoms with Crippen LogP contribution in [0.5, 0.6) is 0 Å². The first-order valence-corrected chi connectivity index (χ1v) is 8.00. The molecular formula is C17H16N4OS. The number of benzene rings is 1. The Hall–Kier alpha value is -2.73. The van der Waals surface area contributed by atoms with Gasteiger partial charge in [-0.2, -0.15) is 0 Å². The Labute approximate surface area is 138 Å². The third kappa shape index (κ3) is 3.92. The summed E-state index contributed by atoms with van der Waals surface area (Å²) in [6, 6.07) is 13.4. The molecule has 0 fully saturated rings. The van der Waals surface area contributed by atoms with Crippen LogP contribution in [0.3, 0.4) is 0 Å². The molecular weight excluding hydrogens is 308 g/mol. The molecule has 2 N–H and O–H groups in total. The van der Waals surface area contributed by atoms with Crippen molar-refractivity contribution in [2.24, 2.45) is 0 Å². The summed E-state index contributed by atoms with van der Waals surface area (Å²) < 4.78 is 0. The second-order valence-electron chi connectivity index (χ2n) is 4.96. The summed E-state index contributed by atoms with van der Waals surface area (Å²) in [5.74, 6) is 0. The lowest BCUT2D eigenvalue weighted by Crippen LogP contribution is -2.28. The number of carbonyl (C=O) groups excluding carboxylic acids is 1. The quantitative estimate of drug-likeness (QED) is 0.766. The number of carbonyl (C=O) groups is 1. The number of hydrogen-bond donors (Lipinski definition) is 2. The molecule has 0 saturated carbocycles. The molecule has 3 rings (SSSR count). The number of rotatable bonds is 4. The standard InChI is InChI=1S/C17H16N4OS/c1-12-15(23-16(20-12)14-5-3-2-4-6-14)21-17(22)19-11-13-7-9-18-10-8-13/h2-10H,11H2,1H3,(H2,19,21,22). The van der Waals surface area contributed by atoms with Crippen molar-refractivity contribution >= 4 is 22.4 Å². The van der Waals surface area contributed by atoms with Crippen LogP contribution in [-0.2, 0) is 6.54 Å². The van der Waals surface area contributed by atoms with Crippen LogP contribution >= 0.6 is 11.3 Å². The first kappa shape index (κ1) is 15.2. The number of aromatic nitrogens is 2. The summed E-state index contributed by atoms with van der Waals surface area (Å²) in [7, 11) is 0. The van der Waals surface area contributed by atoms with Crippen LogP contribution in [0.25, 0.3) is 10.6 Å². The molecule has 0 aliphatic rings. The lowest BCUT2D eigenvalue weighted by molar-refractivity contribution is 0.252. The molecule has 3 aromatic rings. The van der Waals surface area contributed by atoms with E-state index < -0.39 is 0 Å². The SMILES string of the molecule is Cc1nc(-c2ccccc2)sc1NC(=O)NCc1ccncc1. The van der Waals surface area contributed by atoms with Gasteiger partial charge in [0, 0.05) is 24.5 Å². The number of thiazole rings is 1. The smallest absolute Gasteiger partial charge is 0.320 e. The van der Waals surface area contributed by atoms with Gasteiger partial charge in [0.2, 0.25) is 0 Å². The third-order valence-corrected chi connectivity index (χ3v) is 4.37. The number of hydrogen-bond acceptors (Lipinski definition) is 4. The van der Waals surface area contributed by atoms with Crippen molar-refractivity contribution in [2.75, 3.05) is 5.32 Å². The fraction of sp³-hybridized carbons (Fsp3) is 0.118. The van der Waals surface area contributed by atoms with E-state index in [1.165, 1.54) is 11.3 Å². The fourth-order valence-corrected chi connectivity index (χ4v) is 3.01. The van der Waals surface area contributed by atoms with E-state index in [1.807, 2.05) is 49.4 Å². The van der Waals surface area contributed by atoms with Crippen LogP contribution in [-0.4, -0.2) is 16.0 Å². The van der Waals surface area contributed by atoms with Crippen LogP contribution in [0.1, 0.15) is 11.3 Å². The van der Waals surface area contributed by atoms with E-state index in [9.17, 15) is 4.79 Å². The third-order valence-electron chi connectivity index (χ3n) is 3.25. The molecule has 0 atom stereocenters. The normalized spacial score (nSPS) is 10.3. The van der Waals surface area contributed by atoms with Gasteiger partial charge in [-0.25, -0.2) is 9.78 Å². The number of pyridine rings is 1. The maximum atomic E-state index is 12.0. The minimum atomic E-state index is -0.242. The molecule has 2 amide bonds. The van der Waals surface area contributed by atoms with Crippen LogP contribution < -0.4 is 10.6 Å². The molecule has 2 heterocycles. The molecule has 6 heteroatoms. The van der Waals surface area contributed by atoms with Gasteiger partial charge >= 0.3 is 6.03 Å². The van der Waals surface area contributed by atoms with E-state index in [4.69, 9.17) is 0 Å². The summed E-state index contributed by atoms with van der Waals surface area (Å²) in [5.41, 5.74) is 2.86. The fourth-order valence-electron chi connectivity index (χ4n) is 2.05. The van der Waals surface area contributed by atoms with Crippen LogP contribution in [0, 0.1) is 6.92 Å². The Kier molecular flexibility index (Phi) is 4.63. The molecule has 0 aliphatic carbocycles. The maximum Gasteiger partial charge on any atom is 0.320 e. The van der Waals surface area contributed by atoms with Gasteiger partial charge < -0.3 is 5.32 Å². The zero-order valence-electron chi connectivity index (χ0n) is 12.6. The Morgan fingerprint density at radius 2 is 1.87 bits per heavy atom. The van der Waals surface area contributed by atoms with Gasteiger partial charge in [0.25, 0.3) is 0 Å². The van der Waals surface area contributed by atoms with Gasteiger partial charge in [-0.3, -0.25) is 10.3 Å². The van der Waals surface area contributed by atoms with Crippen molar-refractivity contribution in [3.63, 3.8) is 0 Å². The minimum absolute atomic E-state index is 0.242. The Balaban J connectivity index is 1.64. The maximum absolute atomic E-state index is 12.0. The summed E-state index contributed by atoms with van der Waals surface area (Å²) >= 11 is 1.47. The number of urea groups is 1. The lowest BCUT2D eigenvalue weighted by atomic mass is 10.2. The highest BCUT2D eigenvalue weighted by atomic mass is 32.1. The summed E-state index contributed by atoms with van der Waals surface area (Å²) in [4.78, 5) is 20.5. The predicted octanol–water partition coefficient (Wildman–Crippen LogP) is 3.84. The van der Waals surface area contributed by atoms with Crippen molar-refractivity contribution < 1.29 is 4.79 Å². The molecule has 0 bridgehead atoms. The zero-order chi connectivity index (χ0) is 16.1. The second-order valence-corrected chi connectivity index (χ2v) is 5.96. The average Bonchev–Trinajstić information content (AvgIpc) is 2.95. The van der Waals surface area contributed by atoms with E-state index in [2.05, 4.69) is 20.6 Å². The van der Waals surface area contributed by atoms with Gasteiger partial charge in [-0.1, -0.05) is 41.7 Å². The number of nitrogens with zero attached hydrogens (tertiary/aromatic N) is 2. The average molecular weight is 324 g/mol. The molecule has 0 spiro atoms. The highest BCUT2D eigenvalue weighted by molar-refractivity contribution is 7.19. The molecule has 116 valence electrons. The zero-order valence-corrected chi connectivity index (χ0v) is 13.4. The molecule has 2 aromatic heterocycles. The highest BCUT2D eigenvalue weighted by Gasteiger charge is 2.11. The molecule has 1 aromatic carbocycles. The van der Waals surface area contributed by atoms with Gasteiger partial charge in [0.15, 0.2) is 0 Å². The summed E-state index contributed by atoms with van der Waals surface area (Å²) in [5, 5.41) is 7.34. The number of anilines is 1. The van der Waals surface area contributed by atoms with Gasteiger partial charge in [0.05, 0.1) is 5.69 Å². The molecule has 5 nitrogen and oxygen atoms in total. The Bertz CT molecular complexity index is 787. The van der Waals surface area contributed by atoms with Crippen molar-refractivity contribution in [3.8, 4) is 10.6 Å². The molecule has 0 saturated heterocycles. The highest BCUT2D eigenvalue weighted by Crippen LogP contribution is 2.31. The number of nitrogens with one attached hydrogen (secondary N) is 2. The van der Waals surface area contributed by atoms with Gasteiger partial charge in [0.1, 0.15) is 10.0 Å². The van der Waals surface area contributed by atoms with Crippen molar-refractivity contribution in [3.05, 3.63) is 66.1 Å². The van der Waals surface area contributed by atoms with E-state index in [0.717, 1.165) is 26.8 Å². The van der Waals surface area contributed by atoms with Gasteiger partial charge in [-0.15, -0.1) is 0 Å². The summed E-state index contributed by atoms with van der Waals surface area (Å²) in [6.07, 6.45) is 3.41.